The number of amides is 1. The Morgan fingerprint density at radius 3 is 3.17 bits per heavy atom. The van der Waals surface area contributed by atoms with E-state index in [1.54, 1.807) is 36.5 Å². The highest BCUT2D eigenvalue weighted by molar-refractivity contribution is 5.99. The van der Waals surface area contributed by atoms with Crippen molar-refractivity contribution < 1.29 is 9.21 Å². The first-order chi connectivity index (χ1) is 11.6. The fourth-order valence-corrected chi connectivity index (χ4v) is 3.28. The third kappa shape index (κ3) is 2.62. The molecule has 1 aliphatic carbocycles. The summed E-state index contributed by atoms with van der Waals surface area (Å²) in [5, 5.41) is 7.52. The first kappa shape index (κ1) is 14.7. The minimum absolute atomic E-state index is 0.0993. The number of fused-ring (bicyclic) bond motifs is 1. The molecule has 2 N–H and O–H groups in total. The van der Waals surface area contributed by atoms with Gasteiger partial charge in [0.05, 0.1) is 23.8 Å². The lowest BCUT2D eigenvalue weighted by atomic mass is 9.96. The summed E-state index contributed by atoms with van der Waals surface area (Å²) >= 11 is 0. The number of aromatic amines is 1. The van der Waals surface area contributed by atoms with Crippen LogP contribution in [0, 0.1) is 6.92 Å². The molecule has 3 aromatic rings. The Balaban J connectivity index is 1.53. The van der Waals surface area contributed by atoms with E-state index in [1.165, 1.54) is 0 Å². The molecule has 0 aromatic carbocycles. The van der Waals surface area contributed by atoms with Gasteiger partial charge >= 0.3 is 0 Å². The molecule has 0 aliphatic heterocycles. The maximum absolute atomic E-state index is 12.7. The second-order valence-corrected chi connectivity index (χ2v) is 6.24. The van der Waals surface area contributed by atoms with Crippen LogP contribution in [-0.4, -0.2) is 31.7 Å². The van der Waals surface area contributed by atoms with Gasteiger partial charge in [-0.3, -0.25) is 9.48 Å². The molecule has 124 valence electrons. The van der Waals surface area contributed by atoms with Crippen LogP contribution >= 0.6 is 0 Å². The van der Waals surface area contributed by atoms with Crippen LogP contribution in [0.15, 0.2) is 29.2 Å². The van der Waals surface area contributed by atoms with E-state index in [-0.39, 0.29) is 11.9 Å². The predicted octanol–water partition coefficient (Wildman–Crippen LogP) is 2.00. The molecule has 1 atom stereocenters. The quantitative estimate of drug-likeness (QED) is 0.771. The van der Waals surface area contributed by atoms with Crippen LogP contribution in [0.25, 0.3) is 11.3 Å². The molecule has 1 aliphatic rings. The van der Waals surface area contributed by atoms with Gasteiger partial charge in [0.2, 0.25) is 0 Å². The van der Waals surface area contributed by atoms with Gasteiger partial charge in [0.15, 0.2) is 0 Å². The molecule has 0 radical (unpaired) electrons. The molecule has 3 heterocycles. The summed E-state index contributed by atoms with van der Waals surface area (Å²) in [7, 11) is 1.81. The van der Waals surface area contributed by atoms with Gasteiger partial charge in [-0.25, -0.2) is 4.98 Å². The molecule has 24 heavy (non-hydrogen) atoms. The Hall–Kier alpha value is -2.83. The predicted molar refractivity (Wildman–Crippen MR) is 87.5 cm³/mol. The number of rotatable bonds is 3. The zero-order valence-electron chi connectivity index (χ0n) is 13.7. The van der Waals surface area contributed by atoms with E-state index < -0.39 is 0 Å². The molecular formula is C17H19N5O2. The zero-order valence-corrected chi connectivity index (χ0v) is 13.7. The number of H-pyrrole nitrogens is 1. The molecule has 0 saturated heterocycles. The molecule has 0 saturated carbocycles. The van der Waals surface area contributed by atoms with E-state index in [0.29, 0.717) is 11.3 Å². The largest absolute Gasteiger partial charge is 0.472 e. The summed E-state index contributed by atoms with van der Waals surface area (Å²) in [6.45, 7) is 1.96. The first-order valence-electron chi connectivity index (χ1n) is 8.01. The summed E-state index contributed by atoms with van der Waals surface area (Å²) in [4.78, 5) is 20.5. The van der Waals surface area contributed by atoms with Crippen molar-refractivity contribution in [2.24, 2.45) is 7.05 Å². The van der Waals surface area contributed by atoms with Gasteiger partial charge in [-0.15, -0.1) is 0 Å². The summed E-state index contributed by atoms with van der Waals surface area (Å²) in [6, 6.07) is 1.90. The van der Waals surface area contributed by atoms with Crippen molar-refractivity contribution >= 4 is 5.91 Å². The summed E-state index contributed by atoms with van der Waals surface area (Å²) in [5.74, 6) is 0.825. The number of nitrogens with one attached hydrogen (secondary N) is 2. The van der Waals surface area contributed by atoms with Gasteiger partial charge in [0, 0.05) is 37.0 Å². The van der Waals surface area contributed by atoms with Gasteiger partial charge in [0.1, 0.15) is 11.5 Å². The molecule has 7 heteroatoms. The highest BCUT2D eigenvalue weighted by atomic mass is 16.3. The summed E-state index contributed by atoms with van der Waals surface area (Å²) < 4.78 is 6.76. The van der Waals surface area contributed by atoms with Crippen LogP contribution in [0.3, 0.4) is 0 Å². The van der Waals surface area contributed by atoms with Crippen LogP contribution in [-0.2, 0) is 19.9 Å². The van der Waals surface area contributed by atoms with Crippen molar-refractivity contribution in [3.63, 3.8) is 0 Å². The fraction of sp³-hybridized carbons (Fsp3) is 0.353. The zero-order chi connectivity index (χ0) is 16.7. The number of imidazole rings is 1. The lowest BCUT2D eigenvalue weighted by Crippen LogP contribution is -2.39. The molecule has 1 amide bonds. The van der Waals surface area contributed by atoms with Crippen molar-refractivity contribution in [1.29, 1.82) is 0 Å². The van der Waals surface area contributed by atoms with Crippen molar-refractivity contribution in [2.75, 3.05) is 0 Å². The van der Waals surface area contributed by atoms with E-state index in [0.717, 1.165) is 42.0 Å². The molecule has 1 unspecified atom stereocenters. The van der Waals surface area contributed by atoms with E-state index in [2.05, 4.69) is 20.4 Å². The number of hydrogen-bond acceptors (Lipinski definition) is 4. The summed E-state index contributed by atoms with van der Waals surface area (Å²) in [6.07, 6.45) is 7.47. The number of furan rings is 1. The maximum atomic E-state index is 12.7. The standard InChI is InChI=1S/C17H19N5O2/c1-10-18-14-4-3-12(7-15(14)19-10)20-17(23)13-8-22(2)21-16(13)11-5-6-24-9-11/h5-6,8-9,12H,3-4,7H2,1-2H3,(H,18,19)(H,20,23). The monoisotopic (exact) mass is 325 g/mol. The number of nitrogens with zero attached hydrogens (tertiary/aromatic N) is 3. The lowest BCUT2D eigenvalue weighted by Gasteiger charge is -2.22. The topological polar surface area (TPSA) is 88.7 Å². The van der Waals surface area contributed by atoms with Crippen molar-refractivity contribution in [1.82, 2.24) is 25.1 Å². The first-order valence-corrected chi connectivity index (χ1v) is 8.01. The normalized spacial score (nSPS) is 16.8. The minimum atomic E-state index is -0.107. The van der Waals surface area contributed by atoms with Gasteiger partial charge in [-0.05, 0) is 25.8 Å². The highest BCUT2D eigenvalue weighted by Crippen LogP contribution is 2.24. The van der Waals surface area contributed by atoms with Gasteiger partial charge in [-0.2, -0.15) is 5.10 Å². The molecule has 0 spiro atoms. The van der Waals surface area contributed by atoms with Crippen molar-refractivity contribution in [3.8, 4) is 11.3 Å². The number of hydrogen-bond donors (Lipinski definition) is 2. The number of carbonyl (C=O) groups is 1. The Bertz CT molecular complexity index is 875. The van der Waals surface area contributed by atoms with Crippen LogP contribution < -0.4 is 5.32 Å². The van der Waals surface area contributed by atoms with Gasteiger partial charge in [-0.1, -0.05) is 0 Å². The third-order valence-corrected chi connectivity index (χ3v) is 4.37. The molecule has 0 fully saturated rings. The van der Waals surface area contributed by atoms with E-state index in [4.69, 9.17) is 4.42 Å². The number of carbonyl (C=O) groups excluding carboxylic acids is 1. The molecular weight excluding hydrogens is 306 g/mol. The average molecular weight is 325 g/mol. The SMILES string of the molecule is Cc1nc2c([nH]1)CC(NC(=O)c1cn(C)nc1-c1ccoc1)CC2. The van der Waals surface area contributed by atoms with Crippen LogP contribution in [0.2, 0.25) is 0 Å². The third-order valence-electron chi connectivity index (χ3n) is 4.37. The van der Waals surface area contributed by atoms with E-state index in [1.807, 2.05) is 6.92 Å². The van der Waals surface area contributed by atoms with Crippen LogP contribution in [0.5, 0.6) is 0 Å². The minimum Gasteiger partial charge on any atom is -0.472 e. The Morgan fingerprint density at radius 2 is 2.38 bits per heavy atom. The van der Waals surface area contributed by atoms with E-state index in [9.17, 15) is 4.79 Å². The highest BCUT2D eigenvalue weighted by Gasteiger charge is 2.25. The fourth-order valence-electron chi connectivity index (χ4n) is 3.28. The second kappa shape index (κ2) is 5.67. The Labute approximate surface area is 139 Å². The van der Waals surface area contributed by atoms with Gasteiger partial charge in [0.25, 0.3) is 5.91 Å². The molecule has 3 aromatic heterocycles. The number of aryl methyl sites for hydroxylation is 3. The van der Waals surface area contributed by atoms with Crippen molar-refractivity contribution in [2.45, 2.75) is 32.2 Å². The maximum Gasteiger partial charge on any atom is 0.255 e. The Kier molecular flexibility index (Phi) is 3.48. The summed E-state index contributed by atoms with van der Waals surface area (Å²) in [5.41, 5.74) is 4.25. The smallest absolute Gasteiger partial charge is 0.255 e. The van der Waals surface area contributed by atoms with Crippen LogP contribution in [0.4, 0.5) is 0 Å². The van der Waals surface area contributed by atoms with Crippen molar-refractivity contribution in [3.05, 3.63) is 47.6 Å². The number of aromatic nitrogens is 4. The molecule has 7 nitrogen and oxygen atoms in total. The molecule has 0 bridgehead atoms. The average Bonchev–Trinajstić information content (AvgIpc) is 3.24. The Morgan fingerprint density at radius 1 is 1.50 bits per heavy atom. The lowest BCUT2D eigenvalue weighted by molar-refractivity contribution is 0.0934. The second-order valence-electron chi connectivity index (χ2n) is 6.24. The van der Waals surface area contributed by atoms with E-state index >= 15 is 0 Å². The van der Waals surface area contributed by atoms with Gasteiger partial charge < -0.3 is 14.7 Å². The van der Waals surface area contributed by atoms with Crippen LogP contribution in [0.1, 0.15) is 34.0 Å². The molecule has 4 rings (SSSR count).